The highest BCUT2D eigenvalue weighted by Crippen LogP contribution is 2.34. The third kappa shape index (κ3) is 3.86. The van der Waals surface area contributed by atoms with Crippen LogP contribution in [0, 0.1) is 11.7 Å². The predicted molar refractivity (Wildman–Crippen MR) is 81.7 cm³/mol. The van der Waals surface area contributed by atoms with Crippen LogP contribution in [0.4, 0.5) is 10.1 Å². The highest BCUT2D eigenvalue weighted by atomic mass is 35.5. The maximum absolute atomic E-state index is 13.3. The molecule has 0 spiro atoms. The monoisotopic (exact) mass is 314 g/mol. The molecule has 1 saturated carbocycles. The Morgan fingerprint density at radius 1 is 1.48 bits per heavy atom. The molecule has 1 N–H and O–H groups in total. The van der Waals surface area contributed by atoms with Gasteiger partial charge in [-0.25, -0.2) is 4.39 Å². The summed E-state index contributed by atoms with van der Waals surface area (Å²) >= 11 is 0. The van der Waals surface area contributed by atoms with Gasteiger partial charge in [0.1, 0.15) is 17.7 Å². The van der Waals surface area contributed by atoms with E-state index >= 15 is 0 Å². The smallest absolute Gasteiger partial charge is 0.241 e. The molecule has 0 radical (unpaired) electrons. The van der Waals surface area contributed by atoms with Crippen LogP contribution in [0.15, 0.2) is 18.2 Å². The number of fused-ring (bicyclic) bond motifs is 1. The van der Waals surface area contributed by atoms with Crippen LogP contribution in [0.2, 0.25) is 0 Å². The topological polar surface area (TPSA) is 41.6 Å². The van der Waals surface area contributed by atoms with Crippen LogP contribution in [0.5, 0.6) is 5.75 Å². The fourth-order valence-electron chi connectivity index (χ4n) is 2.45. The van der Waals surface area contributed by atoms with Crippen molar-refractivity contribution in [1.29, 1.82) is 0 Å². The van der Waals surface area contributed by atoms with E-state index in [2.05, 4.69) is 5.32 Å². The first kappa shape index (κ1) is 16.0. The summed E-state index contributed by atoms with van der Waals surface area (Å²) in [4.78, 5) is 14.0. The van der Waals surface area contributed by atoms with Gasteiger partial charge in [0.05, 0.1) is 18.8 Å². The van der Waals surface area contributed by atoms with Gasteiger partial charge in [-0.2, -0.15) is 0 Å². The minimum absolute atomic E-state index is 0. The normalized spacial score (nSPS) is 20.3. The number of anilines is 1. The first-order chi connectivity index (χ1) is 9.63. The number of carbonyl (C=O) groups excluding carboxylic acids is 1. The van der Waals surface area contributed by atoms with Gasteiger partial charge in [0.2, 0.25) is 5.91 Å². The fourth-order valence-corrected chi connectivity index (χ4v) is 2.45. The van der Waals surface area contributed by atoms with E-state index < -0.39 is 0 Å². The van der Waals surface area contributed by atoms with Crippen molar-refractivity contribution in [2.24, 2.45) is 5.92 Å². The Morgan fingerprint density at radius 3 is 2.95 bits per heavy atom. The number of nitrogens with one attached hydrogen (secondary N) is 1. The number of hydrogen-bond acceptors (Lipinski definition) is 3. The number of amides is 1. The number of halogens is 2. The van der Waals surface area contributed by atoms with Crippen LogP contribution in [0.25, 0.3) is 0 Å². The first-order valence-electron chi connectivity index (χ1n) is 7.11. The second-order valence-corrected chi connectivity index (χ2v) is 5.62. The molecule has 1 aliphatic carbocycles. The zero-order chi connectivity index (χ0) is 14.1. The molecule has 2 aliphatic rings. The zero-order valence-corrected chi connectivity index (χ0v) is 12.8. The molecule has 1 unspecified atom stereocenters. The van der Waals surface area contributed by atoms with Gasteiger partial charge in [0.25, 0.3) is 0 Å². The Morgan fingerprint density at radius 2 is 2.24 bits per heavy atom. The molecule has 1 amide bonds. The maximum atomic E-state index is 13.3. The van der Waals surface area contributed by atoms with Gasteiger partial charge in [-0.1, -0.05) is 0 Å². The molecule has 0 aromatic heterocycles. The molecule has 21 heavy (non-hydrogen) atoms. The minimum atomic E-state index is -0.350. The van der Waals surface area contributed by atoms with Crippen molar-refractivity contribution in [2.75, 3.05) is 24.5 Å². The molecule has 116 valence electrons. The lowest BCUT2D eigenvalue weighted by Gasteiger charge is -2.33. The molecular formula is C15H20ClFN2O2. The van der Waals surface area contributed by atoms with E-state index in [9.17, 15) is 9.18 Å². The van der Waals surface area contributed by atoms with Gasteiger partial charge in [-0.3, -0.25) is 4.79 Å². The predicted octanol–water partition coefficient (Wildman–Crippen LogP) is 2.36. The van der Waals surface area contributed by atoms with Crippen LogP contribution in [0.3, 0.4) is 0 Å². The molecule has 1 aromatic carbocycles. The summed E-state index contributed by atoms with van der Waals surface area (Å²) in [6.45, 7) is 3.61. The summed E-state index contributed by atoms with van der Waals surface area (Å²) in [7, 11) is 0. The molecule has 4 nitrogen and oxygen atoms in total. The van der Waals surface area contributed by atoms with Crippen molar-refractivity contribution in [3.8, 4) is 5.75 Å². The van der Waals surface area contributed by atoms with Crippen LogP contribution in [-0.2, 0) is 4.79 Å². The van der Waals surface area contributed by atoms with Crippen molar-refractivity contribution >= 4 is 24.0 Å². The molecule has 1 fully saturated rings. The fraction of sp³-hybridized carbons (Fsp3) is 0.533. The van der Waals surface area contributed by atoms with E-state index in [1.807, 2.05) is 6.92 Å². The van der Waals surface area contributed by atoms with Gasteiger partial charge < -0.3 is 15.0 Å². The Labute approximate surface area is 130 Å². The van der Waals surface area contributed by atoms with Gasteiger partial charge in [0, 0.05) is 6.07 Å². The highest BCUT2D eigenvalue weighted by Gasteiger charge is 2.28. The van der Waals surface area contributed by atoms with E-state index in [-0.39, 0.29) is 30.2 Å². The van der Waals surface area contributed by atoms with Gasteiger partial charge in [0.15, 0.2) is 0 Å². The largest absolute Gasteiger partial charge is 0.487 e. The molecular weight excluding hydrogens is 295 g/mol. The number of benzene rings is 1. The average Bonchev–Trinajstić information content (AvgIpc) is 3.21. The lowest BCUT2D eigenvalue weighted by atomic mass is 10.2. The van der Waals surface area contributed by atoms with Crippen LogP contribution in [0.1, 0.15) is 19.8 Å². The second kappa shape index (κ2) is 6.62. The van der Waals surface area contributed by atoms with Crippen LogP contribution < -0.4 is 15.0 Å². The molecule has 1 aliphatic heterocycles. The lowest BCUT2D eigenvalue weighted by molar-refractivity contribution is -0.118. The van der Waals surface area contributed by atoms with Crippen molar-refractivity contribution in [1.82, 2.24) is 5.32 Å². The highest BCUT2D eigenvalue weighted by molar-refractivity contribution is 5.96. The third-order valence-electron chi connectivity index (χ3n) is 3.69. The SMILES string of the molecule is CC1CN(C(=O)CNCC2CC2)c2ccc(F)cc2O1.Cl. The zero-order valence-electron chi connectivity index (χ0n) is 12.0. The lowest BCUT2D eigenvalue weighted by Crippen LogP contribution is -2.46. The van der Waals surface area contributed by atoms with E-state index in [0.29, 0.717) is 24.5 Å². The Hall–Kier alpha value is -1.33. The summed E-state index contributed by atoms with van der Waals surface area (Å²) < 4.78 is 18.8. The molecule has 6 heteroatoms. The summed E-state index contributed by atoms with van der Waals surface area (Å²) in [5.74, 6) is 0.845. The summed E-state index contributed by atoms with van der Waals surface area (Å²) in [5, 5.41) is 3.20. The molecule has 3 rings (SSSR count). The summed E-state index contributed by atoms with van der Waals surface area (Å²) in [6, 6.07) is 4.30. The molecule has 1 aromatic rings. The Balaban J connectivity index is 0.00000161. The van der Waals surface area contributed by atoms with E-state index in [4.69, 9.17) is 4.74 Å². The van der Waals surface area contributed by atoms with Crippen LogP contribution in [-0.4, -0.2) is 31.6 Å². The number of nitrogens with zero attached hydrogens (tertiary/aromatic N) is 1. The van der Waals surface area contributed by atoms with Gasteiger partial charge in [-0.15, -0.1) is 12.4 Å². The van der Waals surface area contributed by atoms with Crippen molar-refractivity contribution in [3.05, 3.63) is 24.0 Å². The van der Waals surface area contributed by atoms with Crippen molar-refractivity contribution in [3.63, 3.8) is 0 Å². The average molecular weight is 315 g/mol. The number of rotatable bonds is 4. The summed E-state index contributed by atoms with van der Waals surface area (Å²) in [5.41, 5.74) is 0.655. The molecule has 0 bridgehead atoms. The second-order valence-electron chi connectivity index (χ2n) is 5.62. The van der Waals surface area contributed by atoms with Crippen molar-refractivity contribution in [2.45, 2.75) is 25.9 Å². The van der Waals surface area contributed by atoms with E-state index in [1.165, 1.54) is 25.0 Å². The standard InChI is InChI=1S/C15H19FN2O2.ClH/c1-10-9-18(15(19)8-17-7-11-2-3-11)13-5-4-12(16)6-14(13)20-10;/h4-6,10-11,17H,2-3,7-9H2,1H3;1H. The van der Waals surface area contributed by atoms with E-state index in [1.54, 1.807) is 11.0 Å². The number of carbonyl (C=O) groups is 1. The maximum Gasteiger partial charge on any atom is 0.241 e. The molecule has 1 heterocycles. The summed E-state index contributed by atoms with van der Waals surface area (Å²) in [6.07, 6.45) is 2.40. The van der Waals surface area contributed by atoms with Gasteiger partial charge >= 0.3 is 0 Å². The molecule has 0 saturated heterocycles. The Kier molecular flexibility index (Phi) is 5.06. The van der Waals surface area contributed by atoms with Crippen molar-refractivity contribution < 1.29 is 13.9 Å². The Bertz CT molecular complexity index is 522. The third-order valence-corrected chi connectivity index (χ3v) is 3.69. The quantitative estimate of drug-likeness (QED) is 0.927. The molecule has 1 atom stereocenters. The minimum Gasteiger partial charge on any atom is -0.487 e. The first-order valence-corrected chi connectivity index (χ1v) is 7.11. The number of hydrogen-bond donors (Lipinski definition) is 1. The van der Waals surface area contributed by atoms with E-state index in [0.717, 1.165) is 12.5 Å². The van der Waals surface area contributed by atoms with Crippen LogP contribution >= 0.6 is 12.4 Å². The number of ether oxygens (including phenoxy) is 1. The van der Waals surface area contributed by atoms with Gasteiger partial charge in [-0.05, 0) is 44.4 Å².